The highest BCUT2D eigenvalue weighted by atomic mass is 35.5. The lowest BCUT2D eigenvalue weighted by molar-refractivity contribution is 0.0685. The van der Waals surface area contributed by atoms with Gasteiger partial charge < -0.3 is 14.9 Å². The van der Waals surface area contributed by atoms with Gasteiger partial charge in [0, 0.05) is 17.6 Å². The smallest absolute Gasteiger partial charge is 0.358 e. The van der Waals surface area contributed by atoms with Crippen molar-refractivity contribution in [2.45, 2.75) is 13.1 Å². The number of benzene rings is 1. The number of hydrogen-bond acceptors (Lipinski definition) is 4. The van der Waals surface area contributed by atoms with Crippen molar-refractivity contribution in [2.24, 2.45) is 0 Å². The Hall–Kier alpha value is -1.85. The molecule has 0 spiro atoms. The summed E-state index contributed by atoms with van der Waals surface area (Å²) in [7, 11) is 0. The highest BCUT2D eigenvalue weighted by Gasteiger charge is 2.09. The average molecular weight is 267 g/mol. The Kier molecular flexibility index (Phi) is 3.96. The van der Waals surface area contributed by atoms with Crippen LogP contribution in [-0.4, -0.2) is 16.2 Å². The molecule has 0 amide bonds. The zero-order chi connectivity index (χ0) is 13.0. The Morgan fingerprint density at radius 2 is 2.06 bits per heavy atom. The molecule has 2 N–H and O–H groups in total. The van der Waals surface area contributed by atoms with Gasteiger partial charge in [-0.15, -0.1) is 0 Å². The largest absolute Gasteiger partial charge is 0.476 e. The molecule has 1 heterocycles. The van der Waals surface area contributed by atoms with Crippen LogP contribution < -0.4 is 5.32 Å². The zero-order valence-electron chi connectivity index (χ0n) is 9.39. The van der Waals surface area contributed by atoms with Crippen LogP contribution >= 0.6 is 11.6 Å². The first kappa shape index (κ1) is 12.6. The molecular weight excluding hydrogens is 256 g/mol. The summed E-state index contributed by atoms with van der Waals surface area (Å²) in [5.74, 6) is -0.607. The molecular formula is C12H11ClN2O3. The number of aromatic carboxylic acids is 1. The van der Waals surface area contributed by atoms with Gasteiger partial charge >= 0.3 is 5.97 Å². The summed E-state index contributed by atoms with van der Waals surface area (Å²) >= 11 is 5.77. The van der Waals surface area contributed by atoms with Crippen LogP contribution in [0.15, 0.2) is 34.9 Å². The minimum Gasteiger partial charge on any atom is -0.476 e. The highest BCUT2D eigenvalue weighted by Crippen LogP contribution is 2.09. The van der Waals surface area contributed by atoms with Crippen LogP contribution in [0.5, 0.6) is 0 Å². The molecule has 2 aromatic rings. The third kappa shape index (κ3) is 3.32. The second kappa shape index (κ2) is 5.66. The highest BCUT2D eigenvalue weighted by molar-refractivity contribution is 6.30. The maximum absolute atomic E-state index is 10.6. The minimum absolute atomic E-state index is 0.0849. The molecule has 18 heavy (non-hydrogen) atoms. The SMILES string of the molecule is O=C(O)c1cc(CNCc2ccc(Cl)cc2)on1. The Morgan fingerprint density at radius 3 is 2.67 bits per heavy atom. The number of carboxylic acids is 1. The fraction of sp³-hybridized carbons (Fsp3) is 0.167. The van der Waals surface area contributed by atoms with Gasteiger partial charge in [0.05, 0.1) is 6.54 Å². The van der Waals surface area contributed by atoms with E-state index in [2.05, 4.69) is 10.5 Å². The van der Waals surface area contributed by atoms with Crippen LogP contribution in [0, 0.1) is 0 Å². The molecule has 0 aliphatic rings. The number of carboxylic acid groups (broad SMARTS) is 1. The van der Waals surface area contributed by atoms with E-state index in [-0.39, 0.29) is 5.69 Å². The number of carbonyl (C=O) groups is 1. The molecule has 0 bridgehead atoms. The quantitative estimate of drug-likeness (QED) is 0.869. The summed E-state index contributed by atoms with van der Waals surface area (Å²) < 4.78 is 4.87. The predicted octanol–water partition coefficient (Wildman–Crippen LogP) is 2.32. The monoisotopic (exact) mass is 266 g/mol. The number of rotatable bonds is 5. The van der Waals surface area contributed by atoms with Gasteiger partial charge in [-0.05, 0) is 17.7 Å². The molecule has 0 saturated heterocycles. The lowest BCUT2D eigenvalue weighted by atomic mass is 10.2. The summed E-state index contributed by atoms with van der Waals surface area (Å²) in [6.45, 7) is 1.06. The summed E-state index contributed by atoms with van der Waals surface area (Å²) in [6, 6.07) is 8.86. The average Bonchev–Trinajstić information content (AvgIpc) is 2.81. The third-order valence-electron chi connectivity index (χ3n) is 2.32. The molecule has 0 unspecified atom stereocenters. The van der Waals surface area contributed by atoms with E-state index in [9.17, 15) is 4.79 Å². The molecule has 0 aliphatic heterocycles. The Bertz CT molecular complexity index is 537. The van der Waals surface area contributed by atoms with Crippen molar-refractivity contribution < 1.29 is 14.4 Å². The van der Waals surface area contributed by atoms with E-state index in [1.807, 2.05) is 24.3 Å². The van der Waals surface area contributed by atoms with E-state index in [4.69, 9.17) is 21.2 Å². The lowest BCUT2D eigenvalue weighted by Gasteiger charge is -2.02. The fourth-order valence-corrected chi connectivity index (χ4v) is 1.56. The van der Waals surface area contributed by atoms with E-state index < -0.39 is 5.97 Å². The normalized spacial score (nSPS) is 10.5. The number of halogens is 1. The molecule has 6 heteroatoms. The summed E-state index contributed by atoms with van der Waals surface area (Å²) in [5, 5.41) is 15.9. The molecule has 0 atom stereocenters. The van der Waals surface area contributed by atoms with Crippen molar-refractivity contribution in [1.82, 2.24) is 10.5 Å². The van der Waals surface area contributed by atoms with Crippen molar-refractivity contribution in [3.05, 3.63) is 52.4 Å². The van der Waals surface area contributed by atoms with E-state index in [0.29, 0.717) is 23.9 Å². The molecule has 0 radical (unpaired) electrons. The lowest BCUT2D eigenvalue weighted by Crippen LogP contribution is -2.12. The van der Waals surface area contributed by atoms with Gasteiger partial charge in [0.2, 0.25) is 0 Å². The van der Waals surface area contributed by atoms with E-state index in [0.717, 1.165) is 5.56 Å². The maximum atomic E-state index is 10.6. The van der Waals surface area contributed by atoms with E-state index in [1.165, 1.54) is 6.07 Å². The summed E-state index contributed by atoms with van der Waals surface area (Å²) in [4.78, 5) is 10.6. The predicted molar refractivity (Wildman–Crippen MR) is 65.5 cm³/mol. The molecule has 0 aliphatic carbocycles. The van der Waals surface area contributed by atoms with Gasteiger partial charge in [-0.2, -0.15) is 0 Å². The van der Waals surface area contributed by atoms with Crippen molar-refractivity contribution in [2.75, 3.05) is 0 Å². The van der Waals surface area contributed by atoms with Crippen LogP contribution in [0.3, 0.4) is 0 Å². The minimum atomic E-state index is -1.09. The van der Waals surface area contributed by atoms with Crippen LogP contribution in [0.4, 0.5) is 0 Å². The first-order valence-electron chi connectivity index (χ1n) is 5.29. The van der Waals surface area contributed by atoms with Gasteiger partial charge in [-0.25, -0.2) is 4.79 Å². The van der Waals surface area contributed by atoms with E-state index in [1.54, 1.807) is 0 Å². The van der Waals surface area contributed by atoms with Crippen molar-refractivity contribution in [1.29, 1.82) is 0 Å². The molecule has 1 aromatic carbocycles. The van der Waals surface area contributed by atoms with Gasteiger partial charge in [-0.3, -0.25) is 0 Å². The number of nitrogens with zero attached hydrogens (tertiary/aromatic N) is 1. The van der Waals surface area contributed by atoms with Crippen molar-refractivity contribution in [3.63, 3.8) is 0 Å². The van der Waals surface area contributed by atoms with Crippen molar-refractivity contribution >= 4 is 17.6 Å². The standard InChI is InChI=1S/C12H11ClN2O3/c13-9-3-1-8(2-4-9)6-14-7-10-5-11(12(16)17)15-18-10/h1-5,14H,6-7H2,(H,16,17). The topological polar surface area (TPSA) is 75.4 Å². The number of aromatic nitrogens is 1. The second-order valence-electron chi connectivity index (χ2n) is 3.71. The number of hydrogen-bond donors (Lipinski definition) is 2. The summed E-state index contributed by atoms with van der Waals surface area (Å²) in [5.41, 5.74) is 0.996. The van der Waals surface area contributed by atoms with Crippen LogP contribution in [0.1, 0.15) is 21.8 Å². The molecule has 2 rings (SSSR count). The van der Waals surface area contributed by atoms with Gasteiger partial charge in [-0.1, -0.05) is 28.9 Å². The van der Waals surface area contributed by atoms with Crippen LogP contribution in [0.25, 0.3) is 0 Å². The second-order valence-corrected chi connectivity index (χ2v) is 4.15. The molecule has 1 aromatic heterocycles. The first-order valence-corrected chi connectivity index (χ1v) is 5.67. The van der Waals surface area contributed by atoms with Crippen LogP contribution in [0.2, 0.25) is 5.02 Å². The molecule has 0 fully saturated rings. The Morgan fingerprint density at radius 1 is 1.33 bits per heavy atom. The maximum Gasteiger partial charge on any atom is 0.358 e. The first-order chi connectivity index (χ1) is 8.65. The molecule has 0 saturated carbocycles. The molecule has 5 nitrogen and oxygen atoms in total. The van der Waals surface area contributed by atoms with Gasteiger partial charge in [0.15, 0.2) is 11.5 Å². The molecule has 94 valence electrons. The van der Waals surface area contributed by atoms with E-state index >= 15 is 0 Å². The van der Waals surface area contributed by atoms with Crippen LogP contribution in [-0.2, 0) is 13.1 Å². The zero-order valence-corrected chi connectivity index (χ0v) is 10.1. The van der Waals surface area contributed by atoms with Gasteiger partial charge in [0.1, 0.15) is 0 Å². The fourth-order valence-electron chi connectivity index (χ4n) is 1.43. The van der Waals surface area contributed by atoms with Gasteiger partial charge in [0.25, 0.3) is 0 Å². The Labute approximate surface area is 108 Å². The third-order valence-corrected chi connectivity index (χ3v) is 2.57. The Balaban J connectivity index is 1.84. The van der Waals surface area contributed by atoms with Crippen molar-refractivity contribution in [3.8, 4) is 0 Å². The summed E-state index contributed by atoms with van der Waals surface area (Å²) in [6.07, 6.45) is 0. The number of nitrogens with one attached hydrogen (secondary N) is 1.